The van der Waals surface area contributed by atoms with Crippen molar-refractivity contribution in [3.05, 3.63) is 12.3 Å². The van der Waals surface area contributed by atoms with Crippen molar-refractivity contribution >= 4 is 16.6 Å². The monoisotopic (exact) mass is 548 g/mol. The van der Waals surface area contributed by atoms with E-state index in [1.54, 1.807) is 0 Å². The predicted octanol–water partition coefficient (Wildman–Crippen LogP) is 8.65. The zero-order valence-corrected chi connectivity index (χ0v) is 28.0. The normalized spacial score (nSPS) is 45.7. The van der Waals surface area contributed by atoms with Gasteiger partial charge in [-0.1, -0.05) is 55.4 Å². The van der Waals surface area contributed by atoms with Crippen LogP contribution in [0.2, 0.25) is 36.3 Å². The number of hydrogen-bond acceptors (Lipinski definition) is 4. The van der Waals surface area contributed by atoms with Crippen molar-refractivity contribution < 1.29 is 18.3 Å². The van der Waals surface area contributed by atoms with Crippen LogP contribution in [0, 0.1) is 28.6 Å². The van der Waals surface area contributed by atoms with E-state index >= 15 is 0 Å². The topological polar surface area (TPSA) is 36.9 Å². The fraction of sp³-hybridized carbons (Fsp3) is 0.935. The molecular formula is C31H56O4Si2. The molecule has 5 rings (SSSR count). The minimum Gasteiger partial charge on any atom is -0.473 e. The molecule has 3 saturated carbocycles. The summed E-state index contributed by atoms with van der Waals surface area (Å²) in [6, 6.07) is 0. The maximum Gasteiger partial charge on any atom is 0.200 e. The van der Waals surface area contributed by atoms with Gasteiger partial charge in [-0.15, -0.1) is 0 Å². The van der Waals surface area contributed by atoms with Gasteiger partial charge >= 0.3 is 0 Å². The first-order valence-corrected chi connectivity index (χ1v) is 21.0. The van der Waals surface area contributed by atoms with Crippen molar-refractivity contribution in [2.24, 2.45) is 28.6 Å². The summed E-state index contributed by atoms with van der Waals surface area (Å²) in [6.45, 7) is 29.0. The van der Waals surface area contributed by atoms with Gasteiger partial charge in [0, 0.05) is 11.8 Å². The van der Waals surface area contributed by atoms with E-state index in [9.17, 15) is 0 Å². The van der Waals surface area contributed by atoms with Gasteiger partial charge < -0.3 is 18.3 Å². The molecule has 9 atom stereocenters. The van der Waals surface area contributed by atoms with Crippen LogP contribution in [0.5, 0.6) is 0 Å². The van der Waals surface area contributed by atoms with E-state index in [1.165, 1.54) is 25.7 Å². The van der Waals surface area contributed by atoms with Gasteiger partial charge in [0.2, 0.25) is 6.29 Å². The van der Waals surface area contributed by atoms with E-state index in [4.69, 9.17) is 18.3 Å². The van der Waals surface area contributed by atoms with Gasteiger partial charge in [0.15, 0.2) is 16.6 Å². The Morgan fingerprint density at radius 3 is 2.00 bits per heavy atom. The molecule has 212 valence electrons. The standard InChI is InChI=1S/C31H56O4Si2/c1-27(2,3)36(9,10)34-24-14-13-22-21-19-25(35-37(11,12)28(4,5)6)31-17-18-32-26(33-31)20-30(31,8)23(21)15-16-29(22,24)7/h17-18,21-26H,13-16,19-20H2,1-12H3/t21-,22-,23-,24-,25-,26+,29-,30+,31?/m0/s1. The molecule has 1 saturated heterocycles. The van der Waals surface area contributed by atoms with Crippen LogP contribution in [0.15, 0.2) is 12.3 Å². The predicted molar refractivity (Wildman–Crippen MR) is 156 cm³/mol. The highest BCUT2D eigenvalue weighted by atomic mass is 28.4. The molecule has 0 N–H and O–H groups in total. The third-order valence-electron chi connectivity index (χ3n) is 13.0. The molecule has 1 unspecified atom stereocenters. The summed E-state index contributed by atoms with van der Waals surface area (Å²) in [4.78, 5) is 0. The van der Waals surface area contributed by atoms with Crippen molar-refractivity contribution in [3.63, 3.8) is 0 Å². The molecule has 0 aromatic heterocycles. The second-order valence-corrected chi connectivity index (χ2v) is 26.4. The zero-order valence-electron chi connectivity index (χ0n) is 26.0. The fourth-order valence-corrected chi connectivity index (χ4v) is 11.4. The van der Waals surface area contributed by atoms with Crippen LogP contribution in [-0.4, -0.2) is 40.7 Å². The van der Waals surface area contributed by atoms with E-state index < -0.39 is 16.6 Å². The maximum atomic E-state index is 7.36. The number of hydrogen-bond donors (Lipinski definition) is 0. The Labute approximate surface area is 229 Å². The largest absolute Gasteiger partial charge is 0.473 e. The highest BCUT2D eigenvalue weighted by molar-refractivity contribution is 6.74. The van der Waals surface area contributed by atoms with Gasteiger partial charge in [-0.05, 0) is 97.6 Å². The summed E-state index contributed by atoms with van der Waals surface area (Å²) in [6.07, 6.45) is 11.7. The van der Waals surface area contributed by atoms with Crippen molar-refractivity contribution in [2.75, 3.05) is 0 Å². The molecule has 2 bridgehead atoms. The molecule has 2 heterocycles. The first-order valence-electron chi connectivity index (χ1n) is 15.1. The Morgan fingerprint density at radius 2 is 1.41 bits per heavy atom. The van der Waals surface area contributed by atoms with Gasteiger partial charge in [0.25, 0.3) is 0 Å². The van der Waals surface area contributed by atoms with Crippen LogP contribution in [-0.2, 0) is 18.3 Å². The van der Waals surface area contributed by atoms with Gasteiger partial charge in [-0.2, -0.15) is 0 Å². The molecule has 1 spiro atoms. The summed E-state index contributed by atoms with van der Waals surface area (Å²) in [5.41, 5.74) is -0.0593. The van der Waals surface area contributed by atoms with E-state index in [0.29, 0.717) is 23.9 Å². The third-order valence-corrected chi connectivity index (χ3v) is 21.9. The Hall–Kier alpha value is -0.146. The van der Waals surface area contributed by atoms with Crippen LogP contribution < -0.4 is 0 Å². The lowest BCUT2D eigenvalue weighted by Gasteiger charge is -2.63. The fourth-order valence-electron chi connectivity index (χ4n) is 8.60. The minimum atomic E-state index is -2.00. The molecule has 0 aromatic rings. The van der Waals surface area contributed by atoms with Gasteiger partial charge in [-0.25, -0.2) is 0 Å². The molecule has 4 fully saturated rings. The number of ether oxygens (including phenoxy) is 2. The molecule has 37 heavy (non-hydrogen) atoms. The molecule has 4 nitrogen and oxygen atoms in total. The first kappa shape index (κ1) is 28.4. The van der Waals surface area contributed by atoms with Crippen molar-refractivity contribution in [2.45, 2.75) is 154 Å². The lowest BCUT2D eigenvalue weighted by molar-refractivity contribution is -0.227. The average Bonchev–Trinajstić information content (AvgIpc) is 3.17. The highest BCUT2D eigenvalue weighted by Gasteiger charge is 2.72. The third kappa shape index (κ3) is 4.04. The van der Waals surface area contributed by atoms with Crippen LogP contribution in [0.1, 0.15) is 93.9 Å². The second kappa shape index (κ2) is 8.44. The molecule has 2 aliphatic heterocycles. The molecule has 6 heteroatoms. The molecular weight excluding hydrogens is 493 g/mol. The Balaban J connectivity index is 1.49. The van der Waals surface area contributed by atoms with E-state index in [1.807, 2.05) is 6.26 Å². The minimum absolute atomic E-state index is 0.0420. The molecule has 0 aromatic carbocycles. The van der Waals surface area contributed by atoms with Gasteiger partial charge in [-0.3, -0.25) is 0 Å². The van der Waals surface area contributed by atoms with Crippen LogP contribution >= 0.6 is 0 Å². The second-order valence-electron chi connectivity index (χ2n) is 16.9. The molecule has 0 radical (unpaired) electrons. The quantitative estimate of drug-likeness (QED) is 0.329. The lowest BCUT2D eigenvalue weighted by Crippen LogP contribution is -2.66. The average molecular weight is 549 g/mol. The first-order chi connectivity index (χ1) is 16.8. The summed E-state index contributed by atoms with van der Waals surface area (Å²) in [5.74, 6) is 2.01. The van der Waals surface area contributed by atoms with Crippen LogP contribution in [0.4, 0.5) is 0 Å². The Bertz CT molecular complexity index is 932. The lowest BCUT2D eigenvalue weighted by atomic mass is 9.45. The summed E-state index contributed by atoms with van der Waals surface area (Å²) >= 11 is 0. The number of fused-ring (bicyclic) bond motifs is 5. The van der Waals surface area contributed by atoms with Crippen LogP contribution in [0.3, 0.4) is 0 Å². The summed E-state index contributed by atoms with van der Waals surface area (Å²) in [7, 11) is -3.82. The molecule has 3 aliphatic carbocycles. The molecule has 5 aliphatic rings. The summed E-state index contributed by atoms with van der Waals surface area (Å²) in [5, 5.41) is 0.413. The van der Waals surface area contributed by atoms with Gasteiger partial charge in [0.1, 0.15) is 5.60 Å². The smallest absolute Gasteiger partial charge is 0.200 e. The van der Waals surface area contributed by atoms with Crippen molar-refractivity contribution in [1.29, 1.82) is 0 Å². The van der Waals surface area contributed by atoms with E-state index in [-0.39, 0.29) is 38.9 Å². The van der Waals surface area contributed by atoms with Crippen molar-refractivity contribution in [3.8, 4) is 0 Å². The van der Waals surface area contributed by atoms with Gasteiger partial charge in [0.05, 0.1) is 18.5 Å². The highest BCUT2D eigenvalue weighted by Crippen LogP contribution is 2.70. The Kier molecular flexibility index (Phi) is 6.47. The SMILES string of the molecule is CC(C)(C)[Si](C)(C)O[C@H]1C[C@H]2[C@@H]3CC[C@H](O[Si](C)(C)C(C)(C)C)[C@@]3(C)CC[C@@H]2[C@@]2(C)C[C@@H]3OC=CC12O3. The summed E-state index contributed by atoms with van der Waals surface area (Å²) < 4.78 is 27.4. The van der Waals surface area contributed by atoms with E-state index in [2.05, 4.69) is 87.7 Å². The van der Waals surface area contributed by atoms with Crippen molar-refractivity contribution in [1.82, 2.24) is 0 Å². The van der Waals surface area contributed by atoms with Crippen LogP contribution in [0.25, 0.3) is 0 Å². The number of rotatable bonds is 4. The Morgan fingerprint density at radius 1 is 0.811 bits per heavy atom. The maximum absolute atomic E-state index is 7.36. The zero-order chi connectivity index (χ0) is 27.4. The molecule has 0 amide bonds. The van der Waals surface area contributed by atoms with E-state index in [0.717, 1.165) is 12.8 Å².